The van der Waals surface area contributed by atoms with Crippen LogP contribution in [0.25, 0.3) is 21.9 Å². The van der Waals surface area contributed by atoms with Crippen LogP contribution in [0.15, 0.2) is 34.9 Å². The van der Waals surface area contributed by atoms with E-state index in [-0.39, 0.29) is 11.8 Å². The monoisotopic (exact) mass is 367 g/mol. The summed E-state index contributed by atoms with van der Waals surface area (Å²) < 4.78 is 11.4. The molecule has 3 aromatic rings. The number of hydrogen-bond acceptors (Lipinski definition) is 6. The molecule has 1 N–H and O–H groups in total. The molecule has 1 fully saturated rings. The molecule has 0 unspecified atom stereocenters. The maximum Gasteiger partial charge on any atom is 0.234 e. The van der Waals surface area contributed by atoms with E-state index in [0.29, 0.717) is 30.9 Å². The van der Waals surface area contributed by atoms with Gasteiger partial charge in [0, 0.05) is 35.4 Å². The standard InChI is InChI=1S/C20H21N3O4/c1-23(2)9-10-26-18-8-4-13-15(21-18)5-6-16-19(13)14(11-27-16)12-3-7-17(24)22-20(12)25/h4-6,8,11-12H,3,7,9-10H2,1-2H3,(H,22,24,25)/t12-/m1/s1. The maximum absolute atomic E-state index is 12.3. The summed E-state index contributed by atoms with van der Waals surface area (Å²) in [6, 6.07) is 7.51. The zero-order valence-electron chi connectivity index (χ0n) is 15.3. The number of carbonyl (C=O) groups excluding carboxylic acids is 2. The topological polar surface area (TPSA) is 84.7 Å². The van der Waals surface area contributed by atoms with Crippen molar-refractivity contribution in [1.82, 2.24) is 15.2 Å². The largest absolute Gasteiger partial charge is 0.476 e. The van der Waals surface area contributed by atoms with Gasteiger partial charge in [-0.2, -0.15) is 0 Å². The van der Waals surface area contributed by atoms with Gasteiger partial charge in [-0.3, -0.25) is 14.9 Å². The van der Waals surface area contributed by atoms with Crippen LogP contribution in [0.4, 0.5) is 0 Å². The molecular weight excluding hydrogens is 346 g/mol. The van der Waals surface area contributed by atoms with Gasteiger partial charge >= 0.3 is 0 Å². The first-order valence-corrected chi connectivity index (χ1v) is 8.95. The number of piperidine rings is 1. The average Bonchev–Trinajstić information content (AvgIpc) is 3.05. The van der Waals surface area contributed by atoms with E-state index in [1.165, 1.54) is 0 Å². The molecule has 2 aromatic heterocycles. The number of amides is 2. The van der Waals surface area contributed by atoms with Crippen LogP contribution >= 0.6 is 0 Å². The van der Waals surface area contributed by atoms with E-state index in [1.807, 2.05) is 43.3 Å². The molecule has 0 spiro atoms. The fourth-order valence-corrected chi connectivity index (χ4v) is 3.41. The molecule has 140 valence electrons. The third-order valence-electron chi connectivity index (χ3n) is 4.81. The first kappa shape index (κ1) is 17.5. The van der Waals surface area contributed by atoms with E-state index in [2.05, 4.69) is 10.3 Å². The number of rotatable bonds is 5. The van der Waals surface area contributed by atoms with Crippen molar-refractivity contribution in [2.75, 3.05) is 27.2 Å². The Hall–Kier alpha value is -2.93. The lowest BCUT2D eigenvalue weighted by molar-refractivity contribution is -0.134. The Morgan fingerprint density at radius 1 is 1.26 bits per heavy atom. The SMILES string of the molecule is CN(C)CCOc1ccc2c(ccc3occ([C@H]4CCC(=O)NC4=O)c32)n1. The zero-order valence-corrected chi connectivity index (χ0v) is 15.3. The number of hydrogen-bond donors (Lipinski definition) is 1. The summed E-state index contributed by atoms with van der Waals surface area (Å²) in [6.45, 7) is 1.36. The second-order valence-electron chi connectivity index (χ2n) is 7.00. The summed E-state index contributed by atoms with van der Waals surface area (Å²) in [5.74, 6) is -0.335. The molecule has 4 rings (SSSR count). The number of nitrogens with zero attached hydrogens (tertiary/aromatic N) is 2. The smallest absolute Gasteiger partial charge is 0.234 e. The van der Waals surface area contributed by atoms with Crippen molar-refractivity contribution < 1.29 is 18.7 Å². The molecule has 1 aromatic carbocycles. The number of imide groups is 1. The van der Waals surface area contributed by atoms with Gasteiger partial charge < -0.3 is 14.1 Å². The first-order valence-electron chi connectivity index (χ1n) is 8.95. The van der Waals surface area contributed by atoms with Crippen LogP contribution < -0.4 is 10.1 Å². The van der Waals surface area contributed by atoms with E-state index < -0.39 is 5.92 Å². The van der Waals surface area contributed by atoms with Crippen LogP contribution in [-0.2, 0) is 9.59 Å². The molecule has 1 aliphatic heterocycles. The Labute approximate surface area is 156 Å². The van der Waals surface area contributed by atoms with Gasteiger partial charge in [0.2, 0.25) is 17.7 Å². The van der Waals surface area contributed by atoms with Crippen molar-refractivity contribution in [3.63, 3.8) is 0 Å². The van der Waals surface area contributed by atoms with Crippen LogP contribution in [0, 0.1) is 0 Å². The fraction of sp³-hybridized carbons (Fsp3) is 0.350. The molecule has 0 bridgehead atoms. The second-order valence-corrected chi connectivity index (χ2v) is 7.00. The van der Waals surface area contributed by atoms with Gasteiger partial charge in [0.25, 0.3) is 0 Å². The number of aromatic nitrogens is 1. The quantitative estimate of drug-likeness (QED) is 0.697. The number of likely N-dealkylation sites (N-methyl/N-ethyl adjacent to an activating group) is 1. The van der Waals surface area contributed by atoms with Crippen molar-refractivity contribution in [3.05, 3.63) is 36.1 Å². The van der Waals surface area contributed by atoms with Gasteiger partial charge in [-0.05, 0) is 38.7 Å². The van der Waals surface area contributed by atoms with Crippen molar-refractivity contribution in [2.45, 2.75) is 18.8 Å². The Kier molecular flexibility index (Phi) is 4.53. The first-order chi connectivity index (χ1) is 13.0. The molecule has 0 saturated carbocycles. The van der Waals surface area contributed by atoms with Crippen molar-refractivity contribution in [2.24, 2.45) is 0 Å². The normalized spacial score (nSPS) is 17.7. The summed E-state index contributed by atoms with van der Waals surface area (Å²) in [7, 11) is 3.98. The highest BCUT2D eigenvalue weighted by Crippen LogP contribution is 2.36. The Bertz CT molecular complexity index is 1020. The number of fused-ring (bicyclic) bond motifs is 3. The highest BCUT2D eigenvalue weighted by atomic mass is 16.5. The van der Waals surface area contributed by atoms with Crippen molar-refractivity contribution in [3.8, 4) is 5.88 Å². The van der Waals surface area contributed by atoms with Crippen LogP contribution in [0.1, 0.15) is 24.3 Å². The lowest BCUT2D eigenvalue weighted by Crippen LogP contribution is -2.39. The molecule has 1 aliphatic rings. The van der Waals surface area contributed by atoms with Crippen LogP contribution in [0.2, 0.25) is 0 Å². The lowest BCUT2D eigenvalue weighted by Gasteiger charge is -2.20. The van der Waals surface area contributed by atoms with E-state index in [4.69, 9.17) is 9.15 Å². The minimum atomic E-state index is -0.398. The molecule has 1 atom stereocenters. The number of benzene rings is 1. The summed E-state index contributed by atoms with van der Waals surface area (Å²) in [6.07, 6.45) is 2.43. The highest BCUT2D eigenvalue weighted by molar-refractivity contribution is 6.09. The number of ether oxygens (including phenoxy) is 1. The maximum atomic E-state index is 12.3. The molecule has 3 heterocycles. The Morgan fingerprint density at radius 3 is 2.89 bits per heavy atom. The molecule has 2 amide bonds. The fourth-order valence-electron chi connectivity index (χ4n) is 3.41. The van der Waals surface area contributed by atoms with Gasteiger partial charge in [0.1, 0.15) is 12.2 Å². The molecule has 27 heavy (non-hydrogen) atoms. The Morgan fingerprint density at radius 2 is 2.11 bits per heavy atom. The minimum Gasteiger partial charge on any atom is -0.476 e. The second kappa shape index (κ2) is 7.00. The number of furan rings is 1. The van der Waals surface area contributed by atoms with Crippen LogP contribution in [0.3, 0.4) is 0 Å². The average molecular weight is 367 g/mol. The van der Waals surface area contributed by atoms with Crippen molar-refractivity contribution in [1.29, 1.82) is 0 Å². The van der Waals surface area contributed by atoms with Gasteiger partial charge in [0.05, 0.1) is 17.7 Å². The van der Waals surface area contributed by atoms with Gasteiger partial charge in [-0.25, -0.2) is 4.98 Å². The van der Waals surface area contributed by atoms with Crippen LogP contribution in [0.5, 0.6) is 5.88 Å². The number of nitrogens with one attached hydrogen (secondary N) is 1. The molecule has 1 saturated heterocycles. The molecular formula is C20H21N3O4. The van der Waals surface area contributed by atoms with Gasteiger partial charge in [-0.1, -0.05) is 0 Å². The van der Waals surface area contributed by atoms with Gasteiger partial charge in [-0.15, -0.1) is 0 Å². The van der Waals surface area contributed by atoms with E-state index in [9.17, 15) is 9.59 Å². The third kappa shape index (κ3) is 3.38. The van der Waals surface area contributed by atoms with Gasteiger partial charge in [0.15, 0.2) is 0 Å². The summed E-state index contributed by atoms with van der Waals surface area (Å²) in [5, 5.41) is 4.19. The molecule has 7 heteroatoms. The van der Waals surface area contributed by atoms with Crippen LogP contribution in [-0.4, -0.2) is 48.9 Å². The highest BCUT2D eigenvalue weighted by Gasteiger charge is 2.31. The third-order valence-corrected chi connectivity index (χ3v) is 4.81. The summed E-state index contributed by atoms with van der Waals surface area (Å²) in [4.78, 5) is 30.4. The predicted molar refractivity (Wildman–Crippen MR) is 101 cm³/mol. The van der Waals surface area contributed by atoms with E-state index in [0.717, 1.165) is 28.4 Å². The predicted octanol–water partition coefficient (Wildman–Crippen LogP) is 2.44. The van der Waals surface area contributed by atoms with E-state index >= 15 is 0 Å². The minimum absolute atomic E-state index is 0.227. The van der Waals surface area contributed by atoms with E-state index in [1.54, 1.807) is 6.26 Å². The van der Waals surface area contributed by atoms with Crippen molar-refractivity contribution >= 4 is 33.7 Å². The summed E-state index contributed by atoms with van der Waals surface area (Å²) in [5.41, 5.74) is 2.27. The molecule has 0 radical (unpaired) electrons. The molecule has 0 aliphatic carbocycles. The molecule has 7 nitrogen and oxygen atoms in total. The lowest BCUT2D eigenvalue weighted by atomic mass is 9.89. The number of pyridine rings is 1. The number of carbonyl (C=O) groups is 2. The zero-order chi connectivity index (χ0) is 19.0. The summed E-state index contributed by atoms with van der Waals surface area (Å²) >= 11 is 0. The Balaban J connectivity index is 1.71.